The minimum atomic E-state index is 0.610. The predicted molar refractivity (Wildman–Crippen MR) is 80.0 cm³/mol. The molecule has 5 heteroatoms. The summed E-state index contributed by atoms with van der Waals surface area (Å²) in [6, 6.07) is 5.71. The van der Waals surface area contributed by atoms with Crippen molar-refractivity contribution < 1.29 is 0 Å². The van der Waals surface area contributed by atoms with E-state index < -0.39 is 0 Å². The maximum Gasteiger partial charge on any atom is 0.137 e. The summed E-state index contributed by atoms with van der Waals surface area (Å²) in [6.07, 6.45) is 3.70. The Bertz CT molecular complexity index is 529. The number of rotatable bonds is 5. The van der Waals surface area contributed by atoms with Gasteiger partial charge >= 0.3 is 0 Å². The second-order valence-corrected chi connectivity index (χ2v) is 5.35. The molecule has 1 unspecified atom stereocenters. The summed E-state index contributed by atoms with van der Waals surface area (Å²) in [5.41, 5.74) is 7.36. The van der Waals surface area contributed by atoms with Crippen molar-refractivity contribution in [3.63, 3.8) is 0 Å². The van der Waals surface area contributed by atoms with E-state index in [0.717, 1.165) is 34.7 Å². The first-order valence-electron chi connectivity index (χ1n) is 5.93. The van der Waals surface area contributed by atoms with E-state index in [4.69, 9.17) is 5.73 Å². The molecule has 1 heterocycles. The van der Waals surface area contributed by atoms with Crippen LogP contribution >= 0.6 is 11.8 Å². The van der Waals surface area contributed by atoms with E-state index in [1.165, 1.54) is 0 Å². The fourth-order valence-electron chi connectivity index (χ4n) is 1.83. The van der Waals surface area contributed by atoms with Gasteiger partial charge in [-0.25, -0.2) is 9.97 Å². The number of anilines is 2. The molecule has 0 saturated carbocycles. The Labute approximate surface area is 111 Å². The van der Waals surface area contributed by atoms with Gasteiger partial charge in [0.25, 0.3) is 0 Å². The van der Waals surface area contributed by atoms with E-state index in [0.29, 0.717) is 5.92 Å². The average molecular weight is 262 g/mol. The second-order valence-electron chi connectivity index (χ2n) is 4.44. The molecule has 0 aliphatic rings. The maximum absolute atomic E-state index is 5.75. The first-order chi connectivity index (χ1) is 8.70. The Hall–Kier alpha value is -1.49. The highest BCUT2D eigenvalue weighted by molar-refractivity contribution is 7.98. The van der Waals surface area contributed by atoms with Crippen molar-refractivity contribution in [1.82, 2.24) is 9.97 Å². The first kappa shape index (κ1) is 13.0. The molecule has 18 heavy (non-hydrogen) atoms. The topological polar surface area (TPSA) is 63.8 Å². The van der Waals surface area contributed by atoms with Crippen molar-refractivity contribution in [3.05, 3.63) is 24.5 Å². The zero-order valence-corrected chi connectivity index (χ0v) is 11.5. The Morgan fingerprint density at radius 3 is 3.00 bits per heavy atom. The van der Waals surface area contributed by atoms with Crippen LogP contribution < -0.4 is 11.1 Å². The zero-order chi connectivity index (χ0) is 13.0. The Morgan fingerprint density at radius 2 is 2.22 bits per heavy atom. The molecule has 1 atom stereocenters. The largest absolute Gasteiger partial charge is 0.399 e. The molecule has 96 valence electrons. The number of nitrogens with zero attached hydrogens (tertiary/aromatic N) is 2. The van der Waals surface area contributed by atoms with E-state index in [9.17, 15) is 0 Å². The minimum absolute atomic E-state index is 0.610. The molecule has 0 bridgehead atoms. The van der Waals surface area contributed by atoms with Gasteiger partial charge in [0.2, 0.25) is 0 Å². The van der Waals surface area contributed by atoms with Crippen LogP contribution in [0.3, 0.4) is 0 Å². The van der Waals surface area contributed by atoms with Crippen LogP contribution in [0.5, 0.6) is 0 Å². The summed E-state index contributed by atoms with van der Waals surface area (Å²) in [4.78, 5) is 8.53. The van der Waals surface area contributed by atoms with Gasteiger partial charge in [-0.3, -0.25) is 0 Å². The minimum Gasteiger partial charge on any atom is -0.399 e. The van der Waals surface area contributed by atoms with E-state index in [-0.39, 0.29) is 0 Å². The third kappa shape index (κ3) is 3.04. The van der Waals surface area contributed by atoms with Gasteiger partial charge in [0, 0.05) is 17.6 Å². The Morgan fingerprint density at radius 1 is 1.39 bits per heavy atom. The predicted octanol–water partition coefficient (Wildman–Crippen LogP) is 2.62. The average Bonchev–Trinajstić information content (AvgIpc) is 2.36. The third-order valence-corrected chi connectivity index (χ3v) is 3.63. The molecule has 1 aromatic carbocycles. The van der Waals surface area contributed by atoms with Crippen molar-refractivity contribution in [2.45, 2.75) is 6.92 Å². The number of nitrogens with two attached hydrogens (primary N) is 1. The van der Waals surface area contributed by atoms with Gasteiger partial charge < -0.3 is 11.1 Å². The SMILES string of the molecule is CSCC(C)CNc1ncnc2cc(N)ccc12. The van der Waals surface area contributed by atoms with Gasteiger partial charge in [-0.1, -0.05) is 6.92 Å². The summed E-state index contributed by atoms with van der Waals surface area (Å²) >= 11 is 1.86. The molecule has 1 aromatic heterocycles. The summed E-state index contributed by atoms with van der Waals surface area (Å²) in [6.45, 7) is 3.14. The van der Waals surface area contributed by atoms with E-state index in [1.54, 1.807) is 6.33 Å². The Balaban J connectivity index is 2.18. The van der Waals surface area contributed by atoms with E-state index in [1.807, 2.05) is 30.0 Å². The summed E-state index contributed by atoms with van der Waals surface area (Å²) in [5.74, 6) is 2.63. The van der Waals surface area contributed by atoms with Crippen molar-refractivity contribution in [2.75, 3.05) is 29.6 Å². The monoisotopic (exact) mass is 262 g/mol. The lowest BCUT2D eigenvalue weighted by atomic mass is 10.2. The van der Waals surface area contributed by atoms with Crippen molar-refractivity contribution in [3.8, 4) is 0 Å². The highest BCUT2D eigenvalue weighted by Gasteiger charge is 2.05. The number of hydrogen-bond donors (Lipinski definition) is 2. The first-order valence-corrected chi connectivity index (χ1v) is 7.33. The smallest absolute Gasteiger partial charge is 0.137 e. The number of nitrogens with one attached hydrogen (secondary N) is 1. The molecule has 2 aromatic rings. The van der Waals surface area contributed by atoms with Crippen LogP contribution in [0, 0.1) is 5.92 Å². The molecule has 0 radical (unpaired) electrons. The van der Waals surface area contributed by atoms with Gasteiger partial charge in [0.1, 0.15) is 12.1 Å². The molecule has 3 N–H and O–H groups in total. The number of nitrogen functional groups attached to an aromatic ring is 1. The molecule has 0 aliphatic carbocycles. The third-order valence-electron chi connectivity index (χ3n) is 2.73. The van der Waals surface area contributed by atoms with Crippen LogP contribution in [-0.2, 0) is 0 Å². The number of benzene rings is 1. The van der Waals surface area contributed by atoms with Crippen LogP contribution in [0.1, 0.15) is 6.92 Å². The Kier molecular flexibility index (Phi) is 4.25. The highest BCUT2D eigenvalue weighted by atomic mass is 32.2. The summed E-state index contributed by atoms with van der Waals surface area (Å²) in [7, 11) is 0. The maximum atomic E-state index is 5.75. The van der Waals surface area contributed by atoms with Crippen LogP contribution in [0.25, 0.3) is 10.9 Å². The number of fused-ring (bicyclic) bond motifs is 1. The standard InChI is InChI=1S/C13H18N4S/c1-9(7-18-2)6-15-13-11-4-3-10(14)5-12(11)16-8-17-13/h3-5,8-9H,6-7,14H2,1-2H3,(H,15,16,17). The molecule has 0 fully saturated rings. The number of hydrogen-bond acceptors (Lipinski definition) is 5. The van der Waals surface area contributed by atoms with Crippen molar-refractivity contribution in [1.29, 1.82) is 0 Å². The van der Waals surface area contributed by atoms with E-state index >= 15 is 0 Å². The molecular weight excluding hydrogens is 244 g/mol. The van der Waals surface area contributed by atoms with Crippen LogP contribution in [0.4, 0.5) is 11.5 Å². The van der Waals surface area contributed by atoms with Crippen molar-refractivity contribution in [2.24, 2.45) is 5.92 Å². The normalized spacial score (nSPS) is 12.6. The molecule has 0 saturated heterocycles. The second kappa shape index (κ2) is 5.91. The fraction of sp³-hybridized carbons (Fsp3) is 0.385. The van der Waals surface area contributed by atoms with Crippen LogP contribution in [-0.4, -0.2) is 28.5 Å². The number of aromatic nitrogens is 2. The number of thioether (sulfide) groups is 1. The lowest BCUT2D eigenvalue weighted by Gasteiger charge is -2.13. The summed E-state index contributed by atoms with van der Waals surface area (Å²) < 4.78 is 0. The molecular formula is C13H18N4S. The van der Waals surface area contributed by atoms with Crippen molar-refractivity contribution >= 4 is 34.2 Å². The van der Waals surface area contributed by atoms with Gasteiger partial charge in [0.05, 0.1) is 5.52 Å². The van der Waals surface area contributed by atoms with Gasteiger partial charge in [-0.15, -0.1) is 0 Å². The van der Waals surface area contributed by atoms with Gasteiger partial charge in [-0.2, -0.15) is 11.8 Å². The van der Waals surface area contributed by atoms with Crippen LogP contribution in [0.15, 0.2) is 24.5 Å². The highest BCUT2D eigenvalue weighted by Crippen LogP contribution is 2.21. The quantitative estimate of drug-likeness (QED) is 0.811. The molecule has 2 rings (SSSR count). The summed E-state index contributed by atoms with van der Waals surface area (Å²) in [5, 5.41) is 4.40. The van der Waals surface area contributed by atoms with E-state index in [2.05, 4.69) is 28.5 Å². The molecule has 0 aliphatic heterocycles. The molecule has 0 amide bonds. The lowest BCUT2D eigenvalue weighted by molar-refractivity contribution is 0.700. The molecule has 0 spiro atoms. The zero-order valence-electron chi connectivity index (χ0n) is 10.7. The van der Waals surface area contributed by atoms with Gasteiger partial charge in [-0.05, 0) is 36.1 Å². The fourth-order valence-corrected chi connectivity index (χ4v) is 2.52. The van der Waals surface area contributed by atoms with Gasteiger partial charge in [0.15, 0.2) is 0 Å². The lowest BCUT2D eigenvalue weighted by Crippen LogP contribution is -2.14. The molecule has 4 nitrogen and oxygen atoms in total. The van der Waals surface area contributed by atoms with Crippen LogP contribution in [0.2, 0.25) is 0 Å².